The van der Waals surface area contributed by atoms with Crippen LogP contribution < -0.4 is 4.90 Å². The van der Waals surface area contributed by atoms with Crippen LogP contribution in [-0.2, 0) is 5.41 Å². The Bertz CT molecular complexity index is 3220. The molecule has 0 N–H and O–H groups in total. The van der Waals surface area contributed by atoms with Gasteiger partial charge in [0.05, 0.1) is 22.4 Å². The number of nitrogens with zero attached hydrogens (tertiary/aromatic N) is 2. The number of fused-ring (bicyclic) bond motifs is 6. The monoisotopic (exact) mass is 782 g/mol. The van der Waals surface area contributed by atoms with Crippen molar-refractivity contribution in [1.82, 2.24) is 4.57 Å². The Balaban J connectivity index is 1.16. The lowest BCUT2D eigenvalue weighted by Gasteiger charge is -2.32. The number of benzene rings is 9. The van der Waals surface area contributed by atoms with Crippen LogP contribution in [0.4, 0.5) is 17.1 Å². The van der Waals surface area contributed by atoms with E-state index in [2.05, 4.69) is 243 Å². The van der Waals surface area contributed by atoms with Gasteiger partial charge in [0.15, 0.2) is 0 Å². The summed E-state index contributed by atoms with van der Waals surface area (Å²) in [4.78, 5) is 2.54. The molecule has 1 aromatic heterocycles. The summed E-state index contributed by atoms with van der Waals surface area (Å²) in [7, 11) is 0. The highest BCUT2D eigenvalue weighted by molar-refractivity contribution is 6.09. The maximum absolute atomic E-state index is 2.54. The number of rotatable bonds is 7. The highest BCUT2D eigenvalue weighted by atomic mass is 15.2. The minimum Gasteiger partial charge on any atom is -0.309 e. The molecule has 0 atom stereocenters. The predicted octanol–water partition coefficient (Wildman–Crippen LogP) is 16.2. The normalized spacial score (nSPS) is 12.7. The van der Waals surface area contributed by atoms with Crippen LogP contribution >= 0.6 is 0 Å². The highest BCUT2D eigenvalue weighted by Crippen LogP contribution is 2.52. The summed E-state index contributed by atoms with van der Waals surface area (Å²) in [5, 5.41) is 2.51. The molecular weight excluding hydrogens is 737 g/mol. The average molecular weight is 783 g/mol. The molecule has 0 saturated carbocycles. The fourth-order valence-corrected chi connectivity index (χ4v) is 10.2. The number of anilines is 3. The van der Waals surface area contributed by atoms with Gasteiger partial charge in [0.2, 0.25) is 0 Å². The van der Waals surface area contributed by atoms with E-state index in [-0.39, 0.29) is 5.41 Å². The molecule has 1 aliphatic carbocycles. The van der Waals surface area contributed by atoms with Crippen LogP contribution in [0.5, 0.6) is 0 Å². The van der Waals surface area contributed by atoms with E-state index in [0.29, 0.717) is 0 Å². The number of hydrogen-bond acceptors (Lipinski definition) is 1. The molecular formula is C59H46N2. The minimum atomic E-state index is -0.147. The van der Waals surface area contributed by atoms with Gasteiger partial charge >= 0.3 is 0 Å². The van der Waals surface area contributed by atoms with E-state index in [4.69, 9.17) is 0 Å². The first kappa shape index (κ1) is 36.6. The molecule has 2 heteroatoms. The van der Waals surface area contributed by atoms with E-state index in [0.717, 1.165) is 17.1 Å². The maximum atomic E-state index is 2.54. The summed E-state index contributed by atoms with van der Waals surface area (Å²) in [6, 6.07) is 75.9. The lowest BCUT2D eigenvalue weighted by atomic mass is 9.82. The topological polar surface area (TPSA) is 8.17 Å². The van der Waals surface area contributed by atoms with E-state index in [9.17, 15) is 0 Å². The summed E-state index contributed by atoms with van der Waals surface area (Å²) in [6.45, 7) is 9.31. The third kappa shape index (κ3) is 5.93. The van der Waals surface area contributed by atoms with Crippen LogP contribution in [0.25, 0.3) is 72.0 Å². The fourth-order valence-electron chi connectivity index (χ4n) is 10.2. The lowest BCUT2D eigenvalue weighted by Crippen LogP contribution is -2.18. The fraction of sp³-hybridized carbons (Fsp3) is 0.0847. The quantitative estimate of drug-likeness (QED) is 0.156. The van der Waals surface area contributed by atoms with Gasteiger partial charge < -0.3 is 9.47 Å². The van der Waals surface area contributed by atoms with Crippen molar-refractivity contribution in [3.8, 4) is 50.2 Å². The predicted molar refractivity (Wildman–Crippen MR) is 259 cm³/mol. The summed E-state index contributed by atoms with van der Waals surface area (Å²) in [5.41, 5.74) is 21.9. The molecule has 1 aliphatic rings. The molecule has 0 spiro atoms. The van der Waals surface area contributed by atoms with Crippen LogP contribution in [0.1, 0.15) is 36.1 Å². The summed E-state index contributed by atoms with van der Waals surface area (Å²) >= 11 is 0. The number of hydrogen-bond donors (Lipinski definition) is 0. The Hall–Kier alpha value is -7.42. The van der Waals surface area contributed by atoms with E-state index in [1.807, 2.05) is 0 Å². The van der Waals surface area contributed by atoms with Crippen molar-refractivity contribution in [3.63, 3.8) is 0 Å². The van der Waals surface area contributed by atoms with Gasteiger partial charge in [-0.1, -0.05) is 166 Å². The van der Waals surface area contributed by atoms with Gasteiger partial charge in [-0.25, -0.2) is 0 Å². The van der Waals surface area contributed by atoms with Crippen molar-refractivity contribution in [3.05, 3.63) is 229 Å². The molecule has 0 aliphatic heterocycles. The van der Waals surface area contributed by atoms with Gasteiger partial charge in [0.1, 0.15) is 0 Å². The Labute approximate surface area is 358 Å². The summed E-state index contributed by atoms with van der Waals surface area (Å²) in [5.74, 6) is 0. The van der Waals surface area contributed by atoms with Crippen LogP contribution in [0.3, 0.4) is 0 Å². The SMILES string of the molecule is Cc1cc(-c2ccccc2-c2ccccc2)cc(C)c1N(c1ccc2c(c1)C(C)(C)c1ccccc1-2)c1ccc(-n2c3ccccc3c3ccccc32)cc1-c1ccccc1. The van der Waals surface area contributed by atoms with Crippen LogP contribution in [0.2, 0.25) is 0 Å². The largest absolute Gasteiger partial charge is 0.309 e. The molecule has 1 heterocycles. The zero-order valence-electron chi connectivity index (χ0n) is 35.0. The molecule has 0 radical (unpaired) electrons. The van der Waals surface area contributed by atoms with Gasteiger partial charge in [0, 0.05) is 33.1 Å². The zero-order chi connectivity index (χ0) is 41.2. The van der Waals surface area contributed by atoms with Crippen molar-refractivity contribution in [2.45, 2.75) is 33.1 Å². The first-order valence-corrected chi connectivity index (χ1v) is 21.4. The van der Waals surface area contributed by atoms with Crippen LogP contribution in [-0.4, -0.2) is 4.57 Å². The zero-order valence-corrected chi connectivity index (χ0v) is 35.0. The van der Waals surface area contributed by atoms with Crippen molar-refractivity contribution >= 4 is 38.9 Å². The van der Waals surface area contributed by atoms with Gasteiger partial charge in [-0.3, -0.25) is 0 Å². The Morgan fingerprint density at radius 2 is 0.902 bits per heavy atom. The second-order valence-corrected chi connectivity index (χ2v) is 17.0. The number of aromatic nitrogens is 1. The molecule has 61 heavy (non-hydrogen) atoms. The first-order chi connectivity index (χ1) is 29.9. The van der Waals surface area contributed by atoms with E-state index in [1.54, 1.807) is 0 Å². The Kier molecular flexibility index (Phi) is 8.65. The van der Waals surface area contributed by atoms with Gasteiger partial charge in [-0.2, -0.15) is 0 Å². The van der Waals surface area contributed by atoms with E-state index >= 15 is 0 Å². The summed E-state index contributed by atoms with van der Waals surface area (Å²) < 4.78 is 2.43. The van der Waals surface area contributed by atoms with Crippen molar-refractivity contribution in [2.75, 3.05) is 4.90 Å². The number of aryl methyl sites for hydroxylation is 2. The molecule has 9 aromatic carbocycles. The molecule has 0 fully saturated rings. The maximum Gasteiger partial charge on any atom is 0.0541 e. The third-order valence-corrected chi connectivity index (χ3v) is 13.0. The van der Waals surface area contributed by atoms with Crippen molar-refractivity contribution in [2.24, 2.45) is 0 Å². The van der Waals surface area contributed by atoms with Crippen LogP contribution in [0, 0.1) is 13.8 Å². The number of para-hydroxylation sites is 2. The van der Waals surface area contributed by atoms with Crippen molar-refractivity contribution in [1.29, 1.82) is 0 Å². The highest BCUT2D eigenvalue weighted by Gasteiger charge is 2.36. The van der Waals surface area contributed by atoms with Gasteiger partial charge in [-0.05, 0) is 130 Å². The Morgan fingerprint density at radius 3 is 1.54 bits per heavy atom. The third-order valence-electron chi connectivity index (χ3n) is 13.0. The Morgan fingerprint density at radius 1 is 0.393 bits per heavy atom. The minimum absolute atomic E-state index is 0.147. The molecule has 2 nitrogen and oxygen atoms in total. The molecule has 11 rings (SSSR count). The summed E-state index contributed by atoms with van der Waals surface area (Å²) in [6.07, 6.45) is 0. The van der Waals surface area contributed by atoms with E-state index in [1.165, 1.54) is 94.3 Å². The van der Waals surface area contributed by atoms with Gasteiger partial charge in [0.25, 0.3) is 0 Å². The molecule has 292 valence electrons. The molecule has 10 aromatic rings. The van der Waals surface area contributed by atoms with Crippen molar-refractivity contribution < 1.29 is 0 Å². The molecule has 0 amide bonds. The lowest BCUT2D eigenvalue weighted by molar-refractivity contribution is 0.660. The smallest absolute Gasteiger partial charge is 0.0541 e. The first-order valence-electron chi connectivity index (χ1n) is 21.4. The molecule has 0 bridgehead atoms. The molecule has 0 unspecified atom stereocenters. The van der Waals surface area contributed by atoms with Gasteiger partial charge in [-0.15, -0.1) is 0 Å². The van der Waals surface area contributed by atoms with E-state index < -0.39 is 0 Å². The average Bonchev–Trinajstić information content (AvgIpc) is 3.76. The second-order valence-electron chi connectivity index (χ2n) is 17.0. The van der Waals surface area contributed by atoms with Crippen LogP contribution in [0.15, 0.2) is 206 Å². The second kappa shape index (κ2) is 14.4. The molecule has 0 saturated heterocycles. The standard InChI is InChI=1S/C59H46N2/c1-39-35-43(47-24-12-11-23-46(47)41-19-7-5-8-20-41)36-40(2)58(39)61(45-31-33-49-48-25-13-16-28-53(48)59(3,4)54(49)38-45)57-34-32-44(37-52(57)42-21-9-6-10-22-42)60-55-29-17-14-26-50(55)51-27-15-18-30-56(51)60/h5-38H,1-4H3.